The second kappa shape index (κ2) is 10.9. The number of hydrogen-bond acceptors (Lipinski definition) is 1. The van der Waals surface area contributed by atoms with Crippen molar-refractivity contribution in [3.63, 3.8) is 0 Å². The van der Waals surface area contributed by atoms with Gasteiger partial charge in [0, 0.05) is 0 Å². The number of hydrogen-bond donors (Lipinski definition) is 1. The molecule has 1 atom stereocenters. The van der Waals surface area contributed by atoms with Gasteiger partial charge in [-0.15, -0.1) is 0 Å². The van der Waals surface area contributed by atoms with E-state index in [0.717, 1.165) is 19.0 Å². The first-order chi connectivity index (χ1) is 7.78. The van der Waals surface area contributed by atoms with Crippen molar-refractivity contribution in [2.75, 3.05) is 13.1 Å². The molecule has 0 aromatic carbocycles. The molecule has 0 unspecified atom stereocenters. The van der Waals surface area contributed by atoms with E-state index in [0.29, 0.717) is 0 Å². The lowest BCUT2D eigenvalue weighted by atomic mass is 9.94. The van der Waals surface area contributed by atoms with Crippen molar-refractivity contribution in [2.45, 2.75) is 53.4 Å². The van der Waals surface area contributed by atoms with E-state index < -0.39 is 0 Å². The molecular formula is C15H29N. The average Bonchev–Trinajstić information content (AvgIpc) is 2.29. The number of rotatable bonds is 9. The van der Waals surface area contributed by atoms with Crippen LogP contribution in [0.15, 0.2) is 23.8 Å². The maximum atomic E-state index is 3.54. The van der Waals surface area contributed by atoms with Gasteiger partial charge in [-0.25, -0.2) is 0 Å². The Labute approximate surface area is 102 Å². The zero-order valence-electron chi connectivity index (χ0n) is 11.6. The van der Waals surface area contributed by atoms with Crippen LogP contribution in [0, 0.1) is 5.92 Å². The molecule has 0 radical (unpaired) electrons. The van der Waals surface area contributed by atoms with Gasteiger partial charge in [0.1, 0.15) is 0 Å². The molecule has 0 bridgehead atoms. The molecule has 0 saturated heterocycles. The SMILES string of the molecule is C/C=C\C(=C/C)C[C@@H](CCC)CNCCC. The van der Waals surface area contributed by atoms with Crippen LogP contribution in [0.25, 0.3) is 0 Å². The van der Waals surface area contributed by atoms with Crippen LogP contribution in [0.4, 0.5) is 0 Å². The Morgan fingerprint density at radius 1 is 1.19 bits per heavy atom. The first-order valence-corrected chi connectivity index (χ1v) is 6.77. The molecule has 0 amide bonds. The molecule has 0 aliphatic carbocycles. The van der Waals surface area contributed by atoms with Crippen LogP contribution in [0.3, 0.4) is 0 Å². The molecule has 94 valence electrons. The number of nitrogens with one attached hydrogen (secondary N) is 1. The van der Waals surface area contributed by atoms with Crippen molar-refractivity contribution in [1.82, 2.24) is 5.32 Å². The van der Waals surface area contributed by atoms with Gasteiger partial charge in [-0.2, -0.15) is 0 Å². The highest BCUT2D eigenvalue weighted by atomic mass is 14.8. The highest BCUT2D eigenvalue weighted by Gasteiger charge is 2.08. The van der Waals surface area contributed by atoms with E-state index in [-0.39, 0.29) is 0 Å². The van der Waals surface area contributed by atoms with E-state index in [1.807, 2.05) is 0 Å². The zero-order valence-corrected chi connectivity index (χ0v) is 11.6. The standard InChI is InChI=1S/C15H29N/c1-5-9-14(8-4)12-15(10-6-2)13-16-11-7-3/h5,8-9,15-16H,6-7,10-13H2,1-4H3/b9-5-,14-8+/t15-/m1/s1. The summed E-state index contributed by atoms with van der Waals surface area (Å²) in [5, 5.41) is 3.54. The van der Waals surface area contributed by atoms with Gasteiger partial charge in [0.2, 0.25) is 0 Å². The first kappa shape index (κ1) is 15.4. The van der Waals surface area contributed by atoms with Gasteiger partial charge in [0.05, 0.1) is 0 Å². The lowest BCUT2D eigenvalue weighted by Crippen LogP contribution is -2.23. The van der Waals surface area contributed by atoms with Crippen molar-refractivity contribution < 1.29 is 0 Å². The Morgan fingerprint density at radius 3 is 2.44 bits per heavy atom. The number of allylic oxidation sites excluding steroid dienone is 4. The molecule has 1 heteroatoms. The first-order valence-electron chi connectivity index (χ1n) is 6.77. The molecule has 0 aliphatic rings. The van der Waals surface area contributed by atoms with E-state index in [1.165, 1.54) is 31.3 Å². The summed E-state index contributed by atoms with van der Waals surface area (Å²) >= 11 is 0. The fraction of sp³-hybridized carbons (Fsp3) is 0.733. The molecule has 1 nitrogen and oxygen atoms in total. The topological polar surface area (TPSA) is 12.0 Å². The van der Waals surface area contributed by atoms with Crippen LogP contribution in [-0.2, 0) is 0 Å². The molecule has 0 aliphatic heterocycles. The Hall–Kier alpha value is -0.560. The predicted molar refractivity (Wildman–Crippen MR) is 74.7 cm³/mol. The fourth-order valence-corrected chi connectivity index (χ4v) is 2.00. The fourth-order valence-electron chi connectivity index (χ4n) is 2.00. The molecule has 16 heavy (non-hydrogen) atoms. The third-order valence-electron chi connectivity index (χ3n) is 2.83. The van der Waals surface area contributed by atoms with Crippen molar-refractivity contribution in [1.29, 1.82) is 0 Å². The molecule has 0 saturated carbocycles. The van der Waals surface area contributed by atoms with Gasteiger partial charge in [-0.05, 0) is 52.1 Å². The maximum absolute atomic E-state index is 3.54. The van der Waals surface area contributed by atoms with Crippen LogP contribution in [0.2, 0.25) is 0 Å². The average molecular weight is 223 g/mol. The Bertz CT molecular complexity index is 203. The summed E-state index contributed by atoms with van der Waals surface area (Å²) in [6, 6.07) is 0. The molecule has 0 heterocycles. The Balaban J connectivity index is 4.09. The minimum atomic E-state index is 0.791. The quantitative estimate of drug-likeness (QED) is 0.453. The van der Waals surface area contributed by atoms with Gasteiger partial charge in [0.15, 0.2) is 0 Å². The molecule has 0 fully saturated rings. The van der Waals surface area contributed by atoms with Gasteiger partial charge in [-0.1, -0.05) is 44.1 Å². The summed E-state index contributed by atoms with van der Waals surface area (Å²) in [6.07, 6.45) is 11.7. The van der Waals surface area contributed by atoms with Crippen molar-refractivity contribution in [3.05, 3.63) is 23.8 Å². The van der Waals surface area contributed by atoms with Crippen molar-refractivity contribution >= 4 is 0 Å². The zero-order chi connectivity index (χ0) is 12.2. The molecular weight excluding hydrogens is 194 g/mol. The maximum Gasteiger partial charge on any atom is -0.00173 e. The van der Waals surface area contributed by atoms with Crippen LogP contribution in [0.1, 0.15) is 53.4 Å². The Morgan fingerprint density at radius 2 is 1.94 bits per heavy atom. The normalized spacial score (nSPS) is 14.6. The molecule has 0 aromatic rings. The van der Waals surface area contributed by atoms with E-state index in [9.17, 15) is 0 Å². The minimum absolute atomic E-state index is 0.791. The second-order valence-corrected chi connectivity index (χ2v) is 4.43. The predicted octanol–water partition coefficient (Wildman–Crippen LogP) is 4.31. The van der Waals surface area contributed by atoms with E-state index in [2.05, 4.69) is 51.2 Å². The summed E-state index contributed by atoms with van der Waals surface area (Å²) in [7, 11) is 0. The van der Waals surface area contributed by atoms with Crippen LogP contribution in [0.5, 0.6) is 0 Å². The van der Waals surface area contributed by atoms with Gasteiger partial charge < -0.3 is 5.32 Å². The summed E-state index contributed by atoms with van der Waals surface area (Å²) < 4.78 is 0. The third-order valence-corrected chi connectivity index (χ3v) is 2.83. The largest absolute Gasteiger partial charge is 0.316 e. The van der Waals surface area contributed by atoms with E-state index >= 15 is 0 Å². The lowest BCUT2D eigenvalue weighted by molar-refractivity contribution is 0.440. The third kappa shape index (κ3) is 7.70. The van der Waals surface area contributed by atoms with E-state index in [4.69, 9.17) is 0 Å². The molecule has 0 spiro atoms. The van der Waals surface area contributed by atoms with Gasteiger partial charge in [0.25, 0.3) is 0 Å². The van der Waals surface area contributed by atoms with E-state index in [1.54, 1.807) is 0 Å². The highest BCUT2D eigenvalue weighted by Crippen LogP contribution is 2.17. The summed E-state index contributed by atoms with van der Waals surface area (Å²) in [4.78, 5) is 0. The molecule has 1 N–H and O–H groups in total. The highest BCUT2D eigenvalue weighted by molar-refractivity contribution is 5.17. The molecule has 0 rings (SSSR count). The monoisotopic (exact) mass is 223 g/mol. The summed E-state index contributed by atoms with van der Waals surface area (Å²) in [5.74, 6) is 0.791. The second-order valence-electron chi connectivity index (χ2n) is 4.43. The van der Waals surface area contributed by atoms with Crippen molar-refractivity contribution in [2.24, 2.45) is 5.92 Å². The Kier molecular flexibility index (Phi) is 10.6. The minimum Gasteiger partial charge on any atom is -0.316 e. The van der Waals surface area contributed by atoms with Gasteiger partial charge >= 0.3 is 0 Å². The summed E-state index contributed by atoms with van der Waals surface area (Å²) in [6.45, 7) is 11.0. The van der Waals surface area contributed by atoms with Crippen molar-refractivity contribution in [3.8, 4) is 0 Å². The van der Waals surface area contributed by atoms with Crippen LogP contribution >= 0.6 is 0 Å². The molecule has 0 aromatic heterocycles. The van der Waals surface area contributed by atoms with Crippen LogP contribution < -0.4 is 5.32 Å². The van der Waals surface area contributed by atoms with Gasteiger partial charge in [-0.3, -0.25) is 0 Å². The van der Waals surface area contributed by atoms with Crippen LogP contribution in [-0.4, -0.2) is 13.1 Å². The lowest BCUT2D eigenvalue weighted by Gasteiger charge is -2.17. The summed E-state index contributed by atoms with van der Waals surface area (Å²) in [5.41, 5.74) is 1.47. The smallest absolute Gasteiger partial charge is 0.00173 e.